The van der Waals surface area contributed by atoms with Crippen molar-refractivity contribution >= 4 is 41.3 Å². The van der Waals surface area contributed by atoms with E-state index in [1.165, 1.54) is 6.08 Å². The van der Waals surface area contributed by atoms with Crippen molar-refractivity contribution in [3.8, 4) is 0 Å². The molecule has 0 bridgehead atoms. The largest absolute Gasteiger partial charge is 0.457 e. The van der Waals surface area contributed by atoms with Crippen LogP contribution in [-0.2, 0) is 9.53 Å². The monoisotopic (exact) mass is 236 g/mol. The Morgan fingerprint density at radius 3 is 2.77 bits per heavy atom. The van der Waals surface area contributed by atoms with Crippen LogP contribution in [0.4, 0.5) is 0 Å². The van der Waals surface area contributed by atoms with Crippen molar-refractivity contribution in [3.63, 3.8) is 0 Å². The number of hydrogen-bond donors (Lipinski definition) is 0. The molecule has 13 heavy (non-hydrogen) atoms. The molecule has 0 aromatic heterocycles. The zero-order valence-electron chi connectivity index (χ0n) is 7.39. The maximum Gasteiger partial charge on any atom is 0.330 e. The number of hydrogen-bond acceptors (Lipinski definition) is 5. The number of ether oxygens (including phenoxy) is 1. The van der Waals surface area contributed by atoms with Gasteiger partial charge in [0.2, 0.25) is 0 Å². The van der Waals surface area contributed by atoms with Crippen LogP contribution in [0.25, 0.3) is 0 Å². The summed E-state index contributed by atoms with van der Waals surface area (Å²) in [6, 6.07) is 0. The molecule has 0 spiro atoms. The first-order valence-electron chi connectivity index (χ1n) is 3.88. The summed E-state index contributed by atoms with van der Waals surface area (Å²) in [6.07, 6.45) is 1.19. The molecule has 0 radical (unpaired) electrons. The molecule has 1 saturated heterocycles. The summed E-state index contributed by atoms with van der Waals surface area (Å²) in [5.41, 5.74) is 0. The molecule has 1 aliphatic heterocycles. The van der Waals surface area contributed by atoms with Gasteiger partial charge in [0.15, 0.2) is 0 Å². The molecule has 0 amide bonds. The second-order valence-corrected chi connectivity index (χ2v) is 6.76. The fraction of sp³-hybridized carbons (Fsp3) is 0.625. The summed E-state index contributed by atoms with van der Waals surface area (Å²) in [5, 5.41) is 2.18. The summed E-state index contributed by atoms with van der Waals surface area (Å²) in [4.78, 5) is 10.9. The molecular weight excluding hydrogens is 224 g/mol. The number of thioether (sulfide) groups is 3. The molecule has 1 unspecified atom stereocenters. The van der Waals surface area contributed by atoms with Crippen molar-refractivity contribution in [1.29, 1.82) is 0 Å². The van der Waals surface area contributed by atoms with Gasteiger partial charge in [-0.3, -0.25) is 0 Å². The minimum Gasteiger partial charge on any atom is -0.457 e. The lowest BCUT2D eigenvalue weighted by molar-refractivity contribution is -0.141. The zero-order chi connectivity index (χ0) is 9.68. The lowest BCUT2D eigenvalue weighted by Crippen LogP contribution is -2.24. The second kappa shape index (κ2) is 5.88. The molecule has 0 aromatic rings. The average Bonchev–Trinajstić information content (AvgIpc) is 2.19. The third kappa shape index (κ3) is 3.87. The minimum atomic E-state index is -0.327. The van der Waals surface area contributed by atoms with Crippen LogP contribution in [0.3, 0.4) is 0 Å². The van der Waals surface area contributed by atoms with Crippen molar-refractivity contribution in [3.05, 3.63) is 12.7 Å². The van der Waals surface area contributed by atoms with E-state index in [0.717, 1.165) is 10.2 Å². The van der Waals surface area contributed by atoms with Gasteiger partial charge in [-0.1, -0.05) is 6.58 Å². The van der Waals surface area contributed by atoms with Crippen LogP contribution in [0.1, 0.15) is 6.92 Å². The smallest absolute Gasteiger partial charge is 0.330 e. The van der Waals surface area contributed by atoms with E-state index >= 15 is 0 Å². The van der Waals surface area contributed by atoms with Gasteiger partial charge in [-0.15, -0.1) is 35.3 Å². The first-order valence-corrected chi connectivity index (χ1v) is 7.13. The van der Waals surface area contributed by atoms with Crippen molar-refractivity contribution in [2.75, 3.05) is 10.2 Å². The molecule has 5 heteroatoms. The Morgan fingerprint density at radius 2 is 2.23 bits per heavy atom. The molecular formula is C8H12O2S3. The maximum absolute atomic E-state index is 10.9. The third-order valence-electron chi connectivity index (χ3n) is 1.48. The van der Waals surface area contributed by atoms with Crippen LogP contribution in [0.5, 0.6) is 0 Å². The molecule has 74 valence electrons. The lowest BCUT2D eigenvalue weighted by Gasteiger charge is -2.25. The van der Waals surface area contributed by atoms with Crippen LogP contribution < -0.4 is 0 Å². The molecule has 2 nitrogen and oxygen atoms in total. The Labute approximate surface area is 91.2 Å². The van der Waals surface area contributed by atoms with E-state index < -0.39 is 0 Å². The molecule has 0 aliphatic carbocycles. The topological polar surface area (TPSA) is 26.3 Å². The molecule has 1 fully saturated rings. The molecule has 0 aromatic carbocycles. The standard InChI is InChI=1S/C8H12O2S3/c1-3-7(9)10-6(2)8-12-4-11-5-13-8/h3,6,8H,1,4-5H2,2H3. The van der Waals surface area contributed by atoms with E-state index in [0.29, 0.717) is 4.58 Å². The van der Waals surface area contributed by atoms with Crippen molar-refractivity contribution in [2.24, 2.45) is 0 Å². The van der Waals surface area contributed by atoms with E-state index in [1.807, 2.05) is 42.2 Å². The zero-order valence-corrected chi connectivity index (χ0v) is 9.84. The summed E-state index contributed by atoms with van der Waals surface area (Å²) >= 11 is 5.58. The van der Waals surface area contributed by atoms with Crippen LogP contribution in [-0.4, -0.2) is 26.8 Å². The van der Waals surface area contributed by atoms with Crippen LogP contribution in [0.15, 0.2) is 12.7 Å². The van der Waals surface area contributed by atoms with Gasteiger partial charge in [-0.2, -0.15) is 0 Å². The molecule has 1 rings (SSSR count). The molecule has 0 N–H and O–H groups in total. The first kappa shape index (κ1) is 11.3. The number of carbonyl (C=O) groups is 1. The summed E-state index contributed by atoms with van der Waals surface area (Å²) in [7, 11) is 0. The van der Waals surface area contributed by atoms with Crippen LogP contribution in [0, 0.1) is 0 Å². The number of rotatable bonds is 3. The van der Waals surface area contributed by atoms with Crippen molar-refractivity contribution in [1.82, 2.24) is 0 Å². The highest BCUT2D eigenvalue weighted by molar-refractivity contribution is 8.32. The fourth-order valence-electron chi connectivity index (χ4n) is 0.870. The Kier molecular flexibility index (Phi) is 5.13. The van der Waals surface area contributed by atoms with E-state index in [2.05, 4.69) is 6.58 Å². The van der Waals surface area contributed by atoms with E-state index in [1.54, 1.807) is 0 Å². The van der Waals surface area contributed by atoms with Crippen molar-refractivity contribution in [2.45, 2.75) is 17.6 Å². The van der Waals surface area contributed by atoms with Gasteiger partial charge >= 0.3 is 5.97 Å². The fourth-order valence-corrected chi connectivity index (χ4v) is 5.64. The second-order valence-electron chi connectivity index (χ2n) is 2.49. The molecule has 1 aliphatic rings. The van der Waals surface area contributed by atoms with Gasteiger partial charge in [0.05, 0.1) is 4.58 Å². The predicted octanol–water partition coefficient (Wildman–Crippen LogP) is 2.56. The van der Waals surface area contributed by atoms with Gasteiger partial charge < -0.3 is 4.74 Å². The van der Waals surface area contributed by atoms with E-state index in [-0.39, 0.29) is 12.1 Å². The van der Waals surface area contributed by atoms with Gasteiger partial charge in [0.1, 0.15) is 6.10 Å². The maximum atomic E-state index is 10.9. The SMILES string of the molecule is C=CC(=O)OC(C)C1SCSCS1. The Hall–Kier alpha value is 0.260. The summed E-state index contributed by atoms with van der Waals surface area (Å²) < 4.78 is 5.51. The Bertz CT molecular complexity index is 190. The average molecular weight is 236 g/mol. The van der Waals surface area contributed by atoms with Gasteiger partial charge in [0.25, 0.3) is 0 Å². The normalized spacial score (nSPS) is 20.7. The first-order chi connectivity index (χ1) is 6.24. The van der Waals surface area contributed by atoms with Crippen LogP contribution >= 0.6 is 35.3 Å². The van der Waals surface area contributed by atoms with Crippen LogP contribution in [0.2, 0.25) is 0 Å². The van der Waals surface area contributed by atoms with E-state index in [9.17, 15) is 4.79 Å². The Morgan fingerprint density at radius 1 is 1.62 bits per heavy atom. The van der Waals surface area contributed by atoms with E-state index in [4.69, 9.17) is 4.74 Å². The predicted molar refractivity (Wildman–Crippen MR) is 62.0 cm³/mol. The third-order valence-corrected chi connectivity index (χ3v) is 6.15. The summed E-state index contributed by atoms with van der Waals surface area (Å²) in [5.74, 6) is -0.327. The number of carbonyl (C=O) groups excluding carboxylic acids is 1. The van der Waals surface area contributed by atoms with Gasteiger partial charge in [-0.05, 0) is 6.92 Å². The van der Waals surface area contributed by atoms with Gasteiger partial charge in [-0.25, -0.2) is 4.79 Å². The molecule has 0 saturated carbocycles. The lowest BCUT2D eigenvalue weighted by atomic mass is 10.4. The number of esters is 1. The quantitative estimate of drug-likeness (QED) is 0.554. The highest BCUT2D eigenvalue weighted by Gasteiger charge is 2.23. The van der Waals surface area contributed by atoms with Crippen molar-refractivity contribution < 1.29 is 9.53 Å². The highest BCUT2D eigenvalue weighted by atomic mass is 32.3. The summed E-state index contributed by atoms with van der Waals surface area (Å²) in [6.45, 7) is 5.30. The molecule has 1 atom stereocenters. The Balaban J connectivity index is 2.32. The highest BCUT2D eigenvalue weighted by Crippen LogP contribution is 2.38. The van der Waals surface area contributed by atoms with Gasteiger partial charge in [0, 0.05) is 16.2 Å². The minimum absolute atomic E-state index is 0.0265. The molecule has 1 heterocycles.